The van der Waals surface area contributed by atoms with Gasteiger partial charge >= 0.3 is 0 Å². The molecule has 2 unspecified atom stereocenters. The van der Waals surface area contributed by atoms with E-state index < -0.39 is 29.6 Å². The van der Waals surface area contributed by atoms with Gasteiger partial charge in [0.05, 0.1) is 28.8 Å². The Kier molecular flexibility index (Phi) is 6.77. The Hall–Kier alpha value is -4.34. The number of benzene rings is 3. The van der Waals surface area contributed by atoms with Crippen LogP contribution in [0, 0.1) is 10.1 Å². The monoisotopic (exact) mass is 458 g/mol. The number of rotatable bonds is 8. The average molecular weight is 458 g/mol. The highest BCUT2D eigenvalue weighted by molar-refractivity contribution is 6.00. The number of amides is 1. The number of carbonyl (C=O) groups is 1. The van der Waals surface area contributed by atoms with Crippen molar-refractivity contribution in [3.63, 3.8) is 0 Å². The van der Waals surface area contributed by atoms with Crippen molar-refractivity contribution in [2.24, 2.45) is 0 Å². The minimum Gasteiger partial charge on any atom is -0.394 e. The topological polar surface area (TPSA) is 131 Å². The van der Waals surface area contributed by atoms with E-state index >= 15 is 0 Å². The van der Waals surface area contributed by atoms with Gasteiger partial charge in [-0.3, -0.25) is 14.9 Å². The number of nitrogens with zero attached hydrogens (tertiary/aromatic N) is 3. The molecule has 34 heavy (non-hydrogen) atoms. The lowest BCUT2D eigenvalue weighted by Gasteiger charge is -2.22. The Morgan fingerprint density at radius 2 is 1.62 bits per heavy atom. The van der Waals surface area contributed by atoms with Gasteiger partial charge in [0.25, 0.3) is 11.6 Å². The molecular weight excluding hydrogens is 436 g/mol. The minimum absolute atomic E-state index is 0.124. The molecule has 3 aromatic carbocycles. The van der Waals surface area contributed by atoms with Crippen LogP contribution in [0.1, 0.15) is 22.0 Å². The standard InChI is InChI=1S/C25H22N4O5/c30-16-22(24(31)18-11-13-20(14-12-18)29(33)34)26-25(32)21-15-28(19-9-5-2-6-10-19)27-23(21)17-7-3-1-4-8-17/h1-15,22,24,30-31H,16H2,(H,26,32). The molecule has 172 valence electrons. The second-order valence-electron chi connectivity index (χ2n) is 7.59. The van der Waals surface area contributed by atoms with Gasteiger partial charge in [0.1, 0.15) is 11.8 Å². The van der Waals surface area contributed by atoms with Crippen molar-refractivity contribution in [3.05, 3.63) is 112 Å². The molecule has 9 heteroatoms. The Bertz CT molecular complexity index is 1270. The summed E-state index contributed by atoms with van der Waals surface area (Å²) in [6.07, 6.45) is 0.318. The SMILES string of the molecule is O=C(NC(CO)C(O)c1ccc([N+](=O)[O-])cc1)c1cn(-c2ccccc2)nc1-c1ccccc1. The molecule has 4 aromatic rings. The van der Waals surface area contributed by atoms with E-state index in [0.29, 0.717) is 11.3 Å². The molecule has 1 aromatic heterocycles. The average Bonchev–Trinajstić information content (AvgIpc) is 3.34. The maximum Gasteiger partial charge on any atom is 0.269 e. The number of aromatic nitrogens is 2. The zero-order valence-electron chi connectivity index (χ0n) is 18.0. The zero-order chi connectivity index (χ0) is 24.1. The molecule has 0 aliphatic rings. The molecule has 0 radical (unpaired) electrons. The van der Waals surface area contributed by atoms with Gasteiger partial charge < -0.3 is 15.5 Å². The van der Waals surface area contributed by atoms with Crippen LogP contribution in [-0.4, -0.2) is 43.5 Å². The molecule has 1 heterocycles. The van der Waals surface area contributed by atoms with Crippen LogP contribution in [0.2, 0.25) is 0 Å². The number of para-hydroxylation sites is 1. The molecule has 3 N–H and O–H groups in total. The number of aliphatic hydroxyl groups is 2. The van der Waals surface area contributed by atoms with E-state index in [2.05, 4.69) is 10.4 Å². The van der Waals surface area contributed by atoms with Crippen LogP contribution in [-0.2, 0) is 0 Å². The van der Waals surface area contributed by atoms with Crippen LogP contribution in [0.4, 0.5) is 5.69 Å². The van der Waals surface area contributed by atoms with Gasteiger partial charge in [-0.2, -0.15) is 5.10 Å². The highest BCUT2D eigenvalue weighted by Gasteiger charge is 2.26. The number of nitro groups is 1. The first-order chi connectivity index (χ1) is 16.5. The molecule has 0 aliphatic carbocycles. The first kappa shape index (κ1) is 22.8. The van der Waals surface area contributed by atoms with Crippen molar-refractivity contribution in [2.75, 3.05) is 6.61 Å². The number of nitro benzene ring substituents is 1. The van der Waals surface area contributed by atoms with Crippen molar-refractivity contribution in [1.29, 1.82) is 0 Å². The van der Waals surface area contributed by atoms with Crippen molar-refractivity contribution < 1.29 is 19.9 Å². The fourth-order valence-electron chi connectivity index (χ4n) is 3.56. The normalized spacial score (nSPS) is 12.6. The molecule has 0 fully saturated rings. The molecule has 0 bridgehead atoms. The Morgan fingerprint density at radius 3 is 2.21 bits per heavy atom. The summed E-state index contributed by atoms with van der Waals surface area (Å²) in [5, 5.41) is 38.7. The van der Waals surface area contributed by atoms with E-state index in [1.165, 1.54) is 24.3 Å². The van der Waals surface area contributed by atoms with Gasteiger partial charge in [-0.1, -0.05) is 48.5 Å². The lowest BCUT2D eigenvalue weighted by atomic mass is 10.0. The van der Waals surface area contributed by atoms with Crippen molar-refractivity contribution in [1.82, 2.24) is 15.1 Å². The maximum atomic E-state index is 13.3. The van der Waals surface area contributed by atoms with Crippen LogP contribution in [0.5, 0.6) is 0 Å². The van der Waals surface area contributed by atoms with Crippen LogP contribution in [0.15, 0.2) is 91.1 Å². The molecule has 0 saturated carbocycles. The number of nitrogens with one attached hydrogen (secondary N) is 1. The van der Waals surface area contributed by atoms with E-state index in [1.807, 2.05) is 60.7 Å². The van der Waals surface area contributed by atoms with Gasteiger partial charge in [0.15, 0.2) is 0 Å². The van der Waals surface area contributed by atoms with Crippen LogP contribution in [0.3, 0.4) is 0 Å². The third kappa shape index (κ3) is 4.85. The Labute approximate surface area is 195 Å². The Morgan fingerprint density at radius 1 is 1.00 bits per heavy atom. The number of carbonyl (C=O) groups excluding carboxylic acids is 1. The maximum absolute atomic E-state index is 13.3. The summed E-state index contributed by atoms with van der Waals surface area (Å²) in [4.78, 5) is 23.6. The summed E-state index contributed by atoms with van der Waals surface area (Å²) >= 11 is 0. The van der Waals surface area contributed by atoms with E-state index in [9.17, 15) is 25.1 Å². The van der Waals surface area contributed by atoms with Crippen molar-refractivity contribution in [3.8, 4) is 16.9 Å². The zero-order valence-corrected chi connectivity index (χ0v) is 18.0. The highest BCUT2D eigenvalue weighted by Crippen LogP contribution is 2.25. The number of hydrogen-bond acceptors (Lipinski definition) is 6. The van der Waals surface area contributed by atoms with Gasteiger partial charge in [-0.25, -0.2) is 4.68 Å². The molecule has 1 amide bonds. The smallest absolute Gasteiger partial charge is 0.269 e. The van der Waals surface area contributed by atoms with E-state index in [4.69, 9.17) is 0 Å². The summed E-state index contributed by atoms with van der Waals surface area (Å²) in [5.74, 6) is -0.527. The predicted molar refractivity (Wildman–Crippen MR) is 125 cm³/mol. The third-order valence-electron chi connectivity index (χ3n) is 5.37. The summed E-state index contributed by atoms with van der Waals surface area (Å²) in [6.45, 7) is -0.544. The molecular formula is C25H22N4O5. The van der Waals surface area contributed by atoms with Crippen LogP contribution >= 0.6 is 0 Å². The molecule has 2 atom stereocenters. The van der Waals surface area contributed by atoms with Gasteiger partial charge in [-0.15, -0.1) is 0 Å². The third-order valence-corrected chi connectivity index (χ3v) is 5.37. The minimum atomic E-state index is -1.28. The second-order valence-corrected chi connectivity index (χ2v) is 7.59. The van der Waals surface area contributed by atoms with Gasteiger partial charge in [-0.05, 0) is 29.8 Å². The fraction of sp³-hybridized carbons (Fsp3) is 0.120. The molecule has 0 aliphatic heterocycles. The molecule has 0 spiro atoms. The van der Waals surface area contributed by atoms with Crippen LogP contribution in [0.25, 0.3) is 16.9 Å². The molecule has 4 rings (SSSR count). The van der Waals surface area contributed by atoms with E-state index in [-0.39, 0.29) is 11.3 Å². The highest BCUT2D eigenvalue weighted by atomic mass is 16.6. The van der Waals surface area contributed by atoms with Crippen molar-refractivity contribution >= 4 is 11.6 Å². The lowest BCUT2D eigenvalue weighted by Crippen LogP contribution is -2.42. The lowest BCUT2D eigenvalue weighted by molar-refractivity contribution is -0.384. The second kappa shape index (κ2) is 10.1. The summed E-state index contributed by atoms with van der Waals surface area (Å²) in [6, 6.07) is 22.8. The molecule has 0 saturated heterocycles. The first-order valence-electron chi connectivity index (χ1n) is 10.5. The van der Waals surface area contributed by atoms with Crippen LogP contribution < -0.4 is 5.32 Å². The Balaban J connectivity index is 1.63. The number of aliphatic hydroxyl groups excluding tert-OH is 2. The summed E-state index contributed by atoms with van der Waals surface area (Å²) < 4.78 is 1.60. The van der Waals surface area contributed by atoms with E-state index in [1.54, 1.807) is 10.9 Å². The predicted octanol–water partition coefficient (Wildman–Crippen LogP) is 3.27. The van der Waals surface area contributed by atoms with E-state index in [0.717, 1.165) is 11.3 Å². The first-order valence-corrected chi connectivity index (χ1v) is 10.5. The fourth-order valence-corrected chi connectivity index (χ4v) is 3.56. The number of hydrogen-bond donors (Lipinski definition) is 3. The largest absolute Gasteiger partial charge is 0.394 e. The van der Waals surface area contributed by atoms with Crippen molar-refractivity contribution in [2.45, 2.75) is 12.1 Å². The summed E-state index contributed by atoms with van der Waals surface area (Å²) in [7, 11) is 0. The molecule has 9 nitrogen and oxygen atoms in total. The van der Waals surface area contributed by atoms with Gasteiger partial charge in [0, 0.05) is 23.9 Å². The number of non-ortho nitro benzene ring substituents is 1. The summed E-state index contributed by atoms with van der Waals surface area (Å²) in [5.41, 5.74) is 2.42. The quantitative estimate of drug-likeness (QED) is 0.274. The van der Waals surface area contributed by atoms with Gasteiger partial charge in [0.2, 0.25) is 0 Å².